The highest BCUT2D eigenvalue weighted by molar-refractivity contribution is 5.86. The summed E-state index contributed by atoms with van der Waals surface area (Å²) in [7, 11) is 1.50. The van der Waals surface area contributed by atoms with Crippen molar-refractivity contribution < 1.29 is 19.0 Å². The van der Waals surface area contributed by atoms with Crippen molar-refractivity contribution in [2.45, 2.75) is 50.4 Å². The number of carbonyl (C=O) groups excluding carboxylic acids is 1. The van der Waals surface area contributed by atoms with Crippen molar-refractivity contribution in [3.05, 3.63) is 72.4 Å². The van der Waals surface area contributed by atoms with Crippen LogP contribution in [-0.2, 0) is 16.1 Å². The Morgan fingerprint density at radius 2 is 1.62 bits per heavy atom. The van der Waals surface area contributed by atoms with Crippen LogP contribution in [0.5, 0.6) is 6.01 Å². The molecule has 45 heavy (non-hydrogen) atoms. The molecule has 0 spiro atoms. The van der Waals surface area contributed by atoms with Gasteiger partial charge < -0.3 is 24.8 Å². The monoisotopic (exact) mass is 608 g/mol. The molecule has 0 radical (unpaired) electrons. The van der Waals surface area contributed by atoms with Gasteiger partial charge in [-0.2, -0.15) is 10.2 Å². The summed E-state index contributed by atoms with van der Waals surface area (Å²) < 4.78 is 16.0. The van der Waals surface area contributed by atoms with Gasteiger partial charge in [0.05, 0.1) is 32.6 Å². The SMILES string of the molecule is COc1ncc(-c2cnc(N(C(=O)OCc3ccccc3)[C@H]3CC[C@H](Nc4ncc(C#N)c(NC5COC5)n4)CC3)nc2)cn1. The van der Waals surface area contributed by atoms with E-state index in [9.17, 15) is 10.1 Å². The average Bonchev–Trinajstić information content (AvgIpc) is 3.07. The molecule has 1 aromatic carbocycles. The summed E-state index contributed by atoms with van der Waals surface area (Å²) in [6, 6.07) is 12.0. The highest BCUT2D eigenvalue weighted by Crippen LogP contribution is 2.29. The van der Waals surface area contributed by atoms with E-state index in [4.69, 9.17) is 14.2 Å². The second-order valence-electron chi connectivity index (χ2n) is 10.7. The Hall–Kier alpha value is -5.42. The molecule has 1 aliphatic heterocycles. The van der Waals surface area contributed by atoms with Crippen LogP contribution in [0.25, 0.3) is 11.1 Å². The van der Waals surface area contributed by atoms with E-state index in [2.05, 4.69) is 46.6 Å². The number of ether oxygens (including phenoxy) is 3. The zero-order valence-electron chi connectivity index (χ0n) is 24.7. The van der Waals surface area contributed by atoms with Crippen molar-refractivity contribution in [1.29, 1.82) is 5.26 Å². The first-order chi connectivity index (χ1) is 22.1. The first-order valence-corrected chi connectivity index (χ1v) is 14.7. The summed E-state index contributed by atoms with van der Waals surface area (Å²) in [5.74, 6) is 1.20. The maximum absolute atomic E-state index is 13.5. The molecule has 0 unspecified atom stereocenters. The van der Waals surface area contributed by atoms with Crippen molar-refractivity contribution in [3.63, 3.8) is 0 Å². The quantitative estimate of drug-likeness (QED) is 0.265. The molecule has 4 heterocycles. The zero-order valence-corrected chi connectivity index (χ0v) is 24.7. The highest BCUT2D eigenvalue weighted by Gasteiger charge is 2.33. The van der Waals surface area contributed by atoms with Crippen molar-refractivity contribution in [2.24, 2.45) is 0 Å². The number of rotatable bonds is 10. The lowest BCUT2D eigenvalue weighted by Gasteiger charge is -2.35. The van der Waals surface area contributed by atoms with Gasteiger partial charge >= 0.3 is 12.1 Å². The van der Waals surface area contributed by atoms with E-state index < -0.39 is 6.09 Å². The highest BCUT2D eigenvalue weighted by atomic mass is 16.6. The van der Waals surface area contributed by atoms with Crippen LogP contribution in [0.4, 0.5) is 22.5 Å². The number of nitrogens with one attached hydrogen (secondary N) is 2. The number of nitriles is 1. The maximum atomic E-state index is 13.5. The molecule has 14 heteroatoms. The number of amides is 1. The van der Waals surface area contributed by atoms with E-state index in [0.717, 1.165) is 24.0 Å². The standard InChI is InChI=1S/C31H32N10O4/c1-43-30-36-15-23(16-37-30)22-13-34-29(35-14-22)41(31(42)45-17-20-5-3-2-4-6-20)26-9-7-24(8-10-26)39-28-33-12-21(11-32)27(40-28)38-25-18-44-19-25/h2-6,12-16,24-26H,7-10,17-19H2,1H3,(H2,33,38,39,40)/t24-,26-. The van der Waals surface area contributed by atoms with Crippen LogP contribution in [0.15, 0.2) is 61.3 Å². The molecular formula is C31H32N10O4. The smallest absolute Gasteiger partial charge is 0.417 e. The lowest BCUT2D eigenvalue weighted by atomic mass is 9.90. The third-order valence-corrected chi connectivity index (χ3v) is 7.68. The van der Waals surface area contributed by atoms with E-state index in [-0.39, 0.29) is 36.7 Å². The van der Waals surface area contributed by atoms with Gasteiger partial charge in [0.15, 0.2) is 0 Å². The molecule has 6 rings (SSSR count). The Morgan fingerprint density at radius 1 is 0.933 bits per heavy atom. The molecule has 2 fully saturated rings. The van der Waals surface area contributed by atoms with Crippen molar-refractivity contribution in [3.8, 4) is 23.2 Å². The van der Waals surface area contributed by atoms with Crippen LogP contribution in [0.3, 0.4) is 0 Å². The fraction of sp³-hybridized carbons (Fsp3) is 0.355. The third-order valence-electron chi connectivity index (χ3n) is 7.68. The number of hydrogen-bond donors (Lipinski definition) is 2. The summed E-state index contributed by atoms with van der Waals surface area (Å²) in [5, 5.41) is 16.1. The fourth-order valence-corrected chi connectivity index (χ4v) is 5.16. The molecule has 0 bridgehead atoms. The number of aromatic nitrogens is 6. The lowest BCUT2D eigenvalue weighted by Crippen LogP contribution is -2.45. The summed E-state index contributed by atoms with van der Waals surface area (Å²) in [6.07, 6.45) is 10.4. The number of nitrogens with zero attached hydrogens (tertiary/aromatic N) is 8. The van der Waals surface area contributed by atoms with Gasteiger partial charge in [0.1, 0.15) is 24.1 Å². The minimum absolute atomic E-state index is 0.0784. The van der Waals surface area contributed by atoms with Gasteiger partial charge in [0, 0.05) is 48.0 Å². The predicted molar refractivity (Wildman–Crippen MR) is 163 cm³/mol. The van der Waals surface area contributed by atoms with Gasteiger partial charge in [0.2, 0.25) is 11.9 Å². The fourth-order valence-electron chi connectivity index (χ4n) is 5.16. The first-order valence-electron chi connectivity index (χ1n) is 14.7. The molecular weight excluding hydrogens is 576 g/mol. The predicted octanol–water partition coefficient (Wildman–Crippen LogP) is 3.98. The Kier molecular flexibility index (Phi) is 9.16. The van der Waals surface area contributed by atoms with Gasteiger partial charge in [-0.25, -0.2) is 34.6 Å². The van der Waals surface area contributed by atoms with E-state index in [1.165, 1.54) is 13.3 Å². The van der Waals surface area contributed by atoms with Crippen LogP contribution >= 0.6 is 0 Å². The molecule has 1 aliphatic carbocycles. The van der Waals surface area contributed by atoms with E-state index in [1.54, 1.807) is 29.7 Å². The molecule has 1 saturated carbocycles. The number of methoxy groups -OCH3 is 1. The molecule has 4 aromatic rings. The summed E-state index contributed by atoms with van der Waals surface area (Å²) >= 11 is 0. The average molecular weight is 609 g/mol. The lowest BCUT2D eigenvalue weighted by molar-refractivity contribution is 0.0209. The molecule has 14 nitrogen and oxygen atoms in total. The number of hydrogen-bond acceptors (Lipinski definition) is 13. The molecule has 1 saturated heterocycles. The topological polar surface area (TPSA) is 173 Å². The van der Waals surface area contributed by atoms with Gasteiger partial charge in [-0.05, 0) is 31.2 Å². The zero-order chi connectivity index (χ0) is 31.0. The summed E-state index contributed by atoms with van der Waals surface area (Å²) in [6.45, 7) is 1.29. The second-order valence-corrected chi connectivity index (χ2v) is 10.7. The van der Waals surface area contributed by atoms with E-state index in [0.29, 0.717) is 48.9 Å². The number of anilines is 3. The Labute approximate surface area is 259 Å². The molecule has 0 atom stereocenters. The van der Waals surface area contributed by atoms with Crippen molar-refractivity contribution in [2.75, 3.05) is 35.9 Å². The number of benzene rings is 1. The van der Waals surface area contributed by atoms with Gasteiger partial charge in [0.25, 0.3) is 0 Å². The normalized spacial score (nSPS) is 17.8. The maximum Gasteiger partial charge on any atom is 0.417 e. The number of carbonyl (C=O) groups is 1. The Morgan fingerprint density at radius 3 is 2.24 bits per heavy atom. The van der Waals surface area contributed by atoms with E-state index in [1.807, 2.05) is 30.3 Å². The third kappa shape index (κ3) is 7.22. The molecule has 2 N–H and O–H groups in total. The van der Waals surface area contributed by atoms with Crippen LogP contribution in [0.1, 0.15) is 36.8 Å². The minimum atomic E-state index is -0.512. The molecule has 1 amide bonds. The first kappa shape index (κ1) is 29.6. The van der Waals surface area contributed by atoms with Crippen LogP contribution < -0.4 is 20.3 Å². The second kappa shape index (κ2) is 13.9. The largest absolute Gasteiger partial charge is 0.467 e. The molecule has 3 aromatic heterocycles. The van der Waals surface area contributed by atoms with Crippen LogP contribution in [0.2, 0.25) is 0 Å². The summed E-state index contributed by atoms with van der Waals surface area (Å²) in [4.78, 5) is 41.4. The van der Waals surface area contributed by atoms with E-state index >= 15 is 0 Å². The Balaban J connectivity index is 1.15. The van der Waals surface area contributed by atoms with Crippen LogP contribution in [0, 0.1) is 11.3 Å². The van der Waals surface area contributed by atoms with Gasteiger partial charge in [-0.15, -0.1) is 0 Å². The van der Waals surface area contributed by atoms with Crippen LogP contribution in [-0.4, -0.2) is 74.4 Å². The Bertz CT molecular complexity index is 1620. The van der Waals surface area contributed by atoms with Crippen molar-refractivity contribution >= 4 is 23.8 Å². The molecule has 2 aliphatic rings. The minimum Gasteiger partial charge on any atom is -0.467 e. The van der Waals surface area contributed by atoms with Gasteiger partial charge in [-0.1, -0.05) is 30.3 Å². The molecule has 230 valence electrons. The summed E-state index contributed by atoms with van der Waals surface area (Å²) in [5.41, 5.74) is 2.69. The van der Waals surface area contributed by atoms with Crippen molar-refractivity contribution in [1.82, 2.24) is 29.9 Å². The van der Waals surface area contributed by atoms with Gasteiger partial charge in [-0.3, -0.25) is 0 Å².